The Bertz CT molecular complexity index is 828. The molecule has 1 amide bonds. The van der Waals surface area contributed by atoms with E-state index in [1.54, 1.807) is 0 Å². The largest absolute Gasteiger partial charge is 0.341 e. The Hall–Kier alpha value is -2.39. The van der Waals surface area contributed by atoms with Crippen LogP contribution in [0.25, 0.3) is 0 Å². The van der Waals surface area contributed by atoms with E-state index in [-0.39, 0.29) is 11.9 Å². The molecule has 0 fully saturated rings. The summed E-state index contributed by atoms with van der Waals surface area (Å²) in [5.41, 5.74) is 3.97. The van der Waals surface area contributed by atoms with E-state index in [9.17, 15) is 4.79 Å². The van der Waals surface area contributed by atoms with Crippen LogP contribution >= 0.6 is 15.9 Å². The Morgan fingerprint density at radius 3 is 2.17 bits per heavy atom. The van der Waals surface area contributed by atoms with Crippen LogP contribution in [-0.4, -0.2) is 5.91 Å². The molecule has 0 spiro atoms. The number of carbonyl (C=O) groups is 1. The molecular weight excluding hydrogens is 362 g/mol. The first kappa shape index (κ1) is 16.5. The second-order valence-electron chi connectivity index (χ2n) is 5.68. The van der Waals surface area contributed by atoms with Crippen LogP contribution in [0.1, 0.15) is 33.1 Å². The van der Waals surface area contributed by atoms with Gasteiger partial charge in [0, 0.05) is 10.0 Å². The van der Waals surface area contributed by atoms with Gasteiger partial charge in [0.25, 0.3) is 5.91 Å². The smallest absolute Gasteiger partial charge is 0.252 e. The Labute approximate surface area is 150 Å². The third-order valence-electron chi connectivity index (χ3n) is 4.01. The number of hydrogen-bond acceptors (Lipinski definition) is 1. The molecule has 1 atom stereocenters. The summed E-state index contributed by atoms with van der Waals surface area (Å²) >= 11 is 3.40. The molecule has 0 aliphatic carbocycles. The maximum atomic E-state index is 12.7. The summed E-state index contributed by atoms with van der Waals surface area (Å²) in [6.45, 7) is 2.07. The van der Waals surface area contributed by atoms with Crippen LogP contribution in [0.3, 0.4) is 0 Å². The minimum Gasteiger partial charge on any atom is -0.341 e. The van der Waals surface area contributed by atoms with Gasteiger partial charge in [0.05, 0.1) is 6.04 Å². The van der Waals surface area contributed by atoms with Gasteiger partial charge >= 0.3 is 0 Å². The van der Waals surface area contributed by atoms with Crippen LogP contribution in [0.2, 0.25) is 0 Å². The lowest BCUT2D eigenvalue weighted by Gasteiger charge is -2.21. The monoisotopic (exact) mass is 379 g/mol. The number of carbonyl (C=O) groups excluding carboxylic acids is 1. The molecule has 2 nitrogen and oxygen atoms in total. The zero-order valence-corrected chi connectivity index (χ0v) is 15.0. The SMILES string of the molecule is Cc1ccccc1C(NC(=O)c1ccc(Br)cc1)c1ccccc1. The van der Waals surface area contributed by atoms with Crippen molar-refractivity contribution in [1.82, 2.24) is 5.32 Å². The molecule has 0 heterocycles. The first-order valence-electron chi connectivity index (χ1n) is 7.82. The van der Waals surface area contributed by atoms with Crippen LogP contribution in [0.5, 0.6) is 0 Å². The molecule has 0 aromatic heterocycles. The fourth-order valence-electron chi connectivity index (χ4n) is 2.71. The molecule has 1 N–H and O–H groups in total. The van der Waals surface area contributed by atoms with Crippen molar-refractivity contribution in [1.29, 1.82) is 0 Å². The topological polar surface area (TPSA) is 29.1 Å². The molecule has 0 radical (unpaired) electrons. The van der Waals surface area contributed by atoms with Gasteiger partial charge in [-0.15, -0.1) is 0 Å². The summed E-state index contributed by atoms with van der Waals surface area (Å²) in [6.07, 6.45) is 0. The van der Waals surface area contributed by atoms with E-state index < -0.39 is 0 Å². The average Bonchev–Trinajstić information content (AvgIpc) is 2.61. The van der Waals surface area contributed by atoms with E-state index in [1.807, 2.05) is 66.7 Å². The van der Waals surface area contributed by atoms with Crippen molar-refractivity contribution in [3.8, 4) is 0 Å². The van der Waals surface area contributed by atoms with E-state index in [4.69, 9.17) is 0 Å². The van der Waals surface area contributed by atoms with Crippen LogP contribution in [0, 0.1) is 6.92 Å². The summed E-state index contributed by atoms with van der Waals surface area (Å²) in [4.78, 5) is 12.7. The van der Waals surface area contributed by atoms with Crippen LogP contribution in [0.4, 0.5) is 0 Å². The first-order valence-corrected chi connectivity index (χ1v) is 8.61. The number of aryl methyl sites for hydroxylation is 1. The summed E-state index contributed by atoms with van der Waals surface area (Å²) in [7, 11) is 0. The summed E-state index contributed by atoms with van der Waals surface area (Å²) in [5.74, 6) is -0.0837. The van der Waals surface area contributed by atoms with Crippen molar-refractivity contribution in [2.45, 2.75) is 13.0 Å². The number of rotatable bonds is 4. The Morgan fingerprint density at radius 1 is 0.875 bits per heavy atom. The molecular formula is C21H18BrNO. The lowest BCUT2D eigenvalue weighted by atomic mass is 9.94. The highest BCUT2D eigenvalue weighted by atomic mass is 79.9. The predicted octanol–water partition coefficient (Wildman–Crippen LogP) is 5.28. The number of nitrogens with one attached hydrogen (secondary N) is 1. The van der Waals surface area contributed by atoms with Gasteiger partial charge in [-0.1, -0.05) is 70.5 Å². The molecule has 0 aliphatic heterocycles. The van der Waals surface area contributed by atoms with Crippen molar-refractivity contribution in [2.24, 2.45) is 0 Å². The third-order valence-corrected chi connectivity index (χ3v) is 4.54. The van der Waals surface area contributed by atoms with Crippen molar-refractivity contribution >= 4 is 21.8 Å². The minimum absolute atomic E-state index is 0.0837. The van der Waals surface area contributed by atoms with Gasteiger partial charge in [-0.25, -0.2) is 0 Å². The third kappa shape index (κ3) is 3.74. The van der Waals surface area contributed by atoms with E-state index >= 15 is 0 Å². The number of benzene rings is 3. The highest BCUT2D eigenvalue weighted by Crippen LogP contribution is 2.25. The molecule has 0 saturated heterocycles. The fourth-order valence-corrected chi connectivity index (χ4v) is 2.98. The average molecular weight is 380 g/mol. The van der Waals surface area contributed by atoms with Gasteiger partial charge in [0.15, 0.2) is 0 Å². The predicted molar refractivity (Wildman–Crippen MR) is 101 cm³/mol. The molecule has 120 valence electrons. The second kappa shape index (κ2) is 7.45. The molecule has 0 aliphatic rings. The number of halogens is 1. The van der Waals surface area contributed by atoms with E-state index in [0.717, 1.165) is 21.2 Å². The van der Waals surface area contributed by atoms with Gasteiger partial charge in [0.2, 0.25) is 0 Å². The van der Waals surface area contributed by atoms with E-state index in [2.05, 4.69) is 40.3 Å². The number of amides is 1. The Balaban J connectivity index is 1.95. The lowest BCUT2D eigenvalue weighted by Crippen LogP contribution is -2.29. The minimum atomic E-state index is -0.177. The summed E-state index contributed by atoms with van der Waals surface area (Å²) in [6, 6.07) is 25.4. The van der Waals surface area contributed by atoms with Crippen molar-refractivity contribution < 1.29 is 4.79 Å². The van der Waals surface area contributed by atoms with Gasteiger partial charge in [-0.05, 0) is 47.9 Å². The van der Waals surface area contributed by atoms with Crippen molar-refractivity contribution in [2.75, 3.05) is 0 Å². The van der Waals surface area contributed by atoms with Crippen LogP contribution < -0.4 is 5.32 Å². The second-order valence-corrected chi connectivity index (χ2v) is 6.60. The molecule has 3 heteroatoms. The molecule has 24 heavy (non-hydrogen) atoms. The van der Waals surface area contributed by atoms with Crippen molar-refractivity contribution in [3.63, 3.8) is 0 Å². The zero-order valence-electron chi connectivity index (χ0n) is 13.4. The lowest BCUT2D eigenvalue weighted by molar-refractivity contribution is 0.0943. The number of hydrogen-bond donors (Lipinski definition) is 1. The molecule has 3 aromatic carbocycles. The molecule has 3 aromatic rings. The van der Waals surface area contributed by atoms with Gasteiger partial charge < -0.3 is 5.32 Å². The van der Waals surface area contributed by atoms with E-state index in [1.165, 1.54) is 0 Å². The maximum Gasteiger partial charge on any atom is 0.252 e. The molecule has 0 saturated carbocycles. The van der Waals surface area contributed by atoms with Gasteiger partial charge in [-0.2, -0.15) is 0 Å². The van der Waals surface area contributed by atoms with Gasteiger partial charge in [0.1, 0.15) is 0 Å². The highest BCUT2D eigenvalue weighted by molar-refractivity contribution is 9.10. The summed E-state index contributed by atoms with van der Waals surface area (Å²) in [5, 5.41) is 3.17. The molecule has 0 bridgehead atoms. The Kier molecular flexibility index (Phi) is 5.11. The first-order chi connectivity index (χ1) is 11.6. The quantitative estimate of drug-likeness (QED) is 0.656. The standard InChI is InChI=1S/C21H18BrNO/c1-15-7-5-6-10-19(15)20(16-8-3-2-4-9-16)23-21(24)17-11-13-18(22)14-12-17/h2-14,20H,1H3,(H,23,24). The molecule has 1 unspecified atom stereocenters. The van der Waals surface area contributed by atoms with Crippen molar-refractivity contribution in [3.05, 3.63) is 106 Å². The van der Waals surface area contributed by atoms with Crippen LogP contribution in [-0.2, 0) is 0 Å². The maximum absolute atomic E-state index is 12.7. The zero-order chi connectivity index (χ0) is 16.9. The summed E-state index contributed by atoms with van der Waals surface area (Å²) < 4.78 is 0.956. The van der Waals surface area contributed by atoms with Gasteiger partial charge in [-0.3, -0.25) is 4.79 Å². The van der Waals surface area contributed by atoms with E-state index in [0.29, 0.717) is 5.56 Å². The molecule has 3 rings (SSSR count). The highest BCUT2D eigenvalue weighted by Gasteiger charge is 2.19. The Morgan fingerprint density at radius 2 is 1.50 bits per heavy atom. The normalized spacial score (nSPS) is 11.8. The van der Waals surface area contributed by atoms with Crippen LogP contribution in [0.15, 0.2) is 83.3 Å². The fraction of sp³-hybridized carbons (Fsp3) is 0.0952.